The van der Waals surface area contributed by atoms with E-state index in [9.17, 15) is 0 Å². The first kappa shape index (κ1) is 10.7. The van der Waals surface area contributed by atoms with Gasteiger partial charge in [-0.05, 0) is 41.8 Å². The van der Waals surface area contributed by atoms with Crippen LogP contribution in [0.5, 0.6) is 0 Å². The maximum absolute atomic E-state index is 5.85. The first-order chi connectivity index (χ1) is 7.16. The fraction of sp³-hybridized carbons (Fsp3) is 0.0769. The highest BCUT2D eigenvalue weighted by Crippen LogP contribution is 2.29. The first-order valence-electron chi connectivity index (χ1n) is 4.69. The molecule has 15 heavy (non-hydrogen) atoms. The minimum absolute atomic E-state index is 0.766. The van der Waals surface area contributed by atoms with Gasteiger partial charge in [-0.2, -0.15) is 0 Å². The van der Waals surface area contributed by atoms with Crippen molar-refractivity contribution in [3.05, 3.63) is 57.5 Å². The molecule has 0 unspecified atom stereocenters. The maximum atomic E-state index is 5.85. The zero-order valence-electron chi connectivity index (χ0n) is 8.30. The molecule has 0 radical (unpaired) electrons. The summed E-state index contributed by atoms with van der Waals surface area (Å²) in [5.74, 6) is 0. The standard InChI is InChI=1S/C13H10BrCl/c1-9-2-7-12(13(14)8-9)10-3-5-11(15)6-4-10/h2-8H,1H3. The Morgan fingerprint density at radius 3 is 2.27 bits per heavy atom. The normalized spacial score (nSPS) is 10.3. The summed E-state index contributed by atoms with van der Waals surface area (Å²) < 4.78 is 1.12. The van der Waals surface area contributed by atoms with Gasteiger partial charge in [-0.15, -0.1) is 0 Å². The van der Waals surface area contributed by atoms with Crippen molar-refractivity contribution in [1.29, 1.82) is 0 Å². The number of benzene rings is 2. The molecule has 0 saturated carbocycles. The first-order valence-corrected chi connectivity index (χ1v) is 5.86. The van der Waals surface area contributed by atoms with E-state index in [0.717, 1.165) is 9.50 Å². The van der Waals surface area contributed by atoms with Crippen LogP contribution in [0.4, 0.5) is 0 Å². The summed E-state index contributed by atoms with van der Waals surface area (Å²) in [5, 5.41) is 0.766. The number of hydrogen-bond donors (Lipinski definition) is 0. The molecular formula is C13H10BrCl. The van der Waals surface area contributed by atoms with E-state index < -0.39 is 0 Å². The van der Waals surface area contributed by atoms with Crippen molar-refractivity contribution in [2.45, 2.75) is 6.92 Å². The molecule has 76 valence electrons. The number of halogens is 2. The van der Waals surface area contributed by atoms with Gasteiger partial charge in [-0.3, -0.25) is 0 Å². The van der Waals surface area contributed by atoms with Crippen LogP contribution in [0.2, 0.25) is 5.02 Å². The van der Waals surface area contributed by atoms with Gasteiger partial charge in [0, 0.05) is 9.50 Å². The molecular weight excluding hydrogens is 271 g/mol. The van der Waals surface area contributed by atoms with Crippen molar-refractivity contribution in [1.82, 2.24) is 0 Å². The molecule has 0 aliphatic heterocycles. The second-order valence-electron chi connectivity index (χ2n) is 3.49. The van der Waals surface area contributed by atoms with Crippen molar-refractivity contribution >= 4 is 27.5 Å². The predicted molar refractivity (Wildman–Crippen MR) is 69.3 cm³/mol. The highest BCUT2D eigenvalue weighted by atomic mass is 79.9. The van der Waals surface area contributed by atoms with E-state index in [2.05, 4.69) is 41.1 Å². The molecule has 0 atom stereocenters. The van der Waals surface area contributed by atoms with E-state index in [0.29, 0.717) is 0 Å². The number of hydrogen-bond acceptors (Lipinski definition) is 0. The molecule has 2 aromatic carbocycles. The Morgan fingerprint density at radius 1 is 1.00 bits per heavy atom. The van der Waals surface area contributed by atoms with Gasteiger partial charge in [0.1, 0.15) is 0 Å². The van der Waals surface area contributed by atoms with E-state index in [1.165, 1.54) is 16.7 Å². The highest BCUT2D eigenvalue weighted by Gasteiger charge is 2.02. The van der Waals surface area contributed by atoms with Gasteiger partial charge < -0.3 is 0 Å². The van der Waals surface area contributed by atoms with Crippen LogP contribution in [-0.2, 0) is 0 Å². The zero-order valence-corrected chi connectivity index (χ0v) is 10.6. The van der Waals surface area contributed by atoms with Crippen molar-refractivity contribution in [2.24, 2.45) is 0 Å². The van der Waals surface area contributed by atoms with Crippen molar-refractivity contribution in [2.75, 3.05) is 0 Å². The van der Waals surface area contributed by atoms with E-state index in [1.54, 1.807) is 0 Å². The van der Waals surface area contributed by atoms with Crippen LogP contribution in [0.3, 0.4) is 0 Å². The molecule has 0 saturated heterocycles. The van der Waals surface area contributed by atoms with Gasteiger partial charge in [0.15, 0.2) is 0 Å². The summed E-state index contributed by atoms with van der Waals surface area (Å²) >= 11 is 9.42. The lowest BCUT2D eigenvalue weighted by Gasteiger charge is -2.05. The molecule has 0 spiro atoms. The second-order valence-corrected chi connectivity index (χ2v) is 4.78. The van der Waals surface area contributed by atoms with Crippen molar-refractivity contribution in [3.63, 3.8) is 0 Å². The lowest BCUT2D eigenvalue weighted by atomic mass is 10.0. The van der Waals surface area contributed by atoms with Crippen LogP contribution < -0.4 is 0 Å². The Morgan fingerprint density at radius 2 is 1.67 bits per heavy atom. The molecule has 0 amide bonds. The topological polar surface area (TPSA) is 0 Å². The van der Waals surface area contributed by atoms with Crippen LogP contribution in [0, 0.1) is 6.92 Å². The minimum Gasteiger partial charge on any atom is -0.0843 e. The molecule has 2 rings (SSSR count). The fourth-order valence-corrected chi connectivity index (χ4v) is 2.33. The van der Waals surface area contributed by atoms with E-state index in [-0.39, 0.29) is 0 Å². The molecule has 0 aliphatic carbocycles. The molecule has 0 aromatic heterocycles. The third-order valence-corrected chi connectivity index (χ3v) is 3.19. The summed E-state index contributed by atoms with van der Waals surface area (Å²) in [6, 6.07) is 14.2. The molecule has 0 fully saturated rings. The predicted octanol–water partition coefficient (Wildman–Crippen LogP) is 5.08. The van der Waals surface area contributed by atoms with Crippen molar-refractivity contribution < 1.29 is 0 Å². The van der Waals surface area contributed by atoms with Gasteiger partial charge in [0.25, 0.3) is 0 Å². The fourth-order valence-electron chi connectivity index (χ4n) is 1.48. The van der Waals surface area contributed by atoms with Crippen LogP contribution in [-0.4, -0.2) is 0 Å². The summed E-state index contributed by atoms with van der Waals surface area (Å²) in [5.41, 5.74) is 3.61. The minimum atomic E-state index is 0.766. The van der Waals surface area contributed by atoms with E-state index in [4.69, 9.17) is 11.6 Å². The SMILES string of the molecule is Cc1ccc(-c2ccc(Cl)cc2)c(Br)c1. The number of rotatable bonds is 1. The van der Waals surface area contributed by atoms with Crippen LogP contribution in [0.1, 0.15) is 5.56 Å². The van der Waals surface area contributed by atoms with Gasteiger partial charge >= 0.3 is 0 Å². The Balaban J connectivity index is 2.49. The lowest BCUT2D eigenvalue weighted by molar-refractivity contribution is 1.45. The summed E-state index contributed by atoms with van der Waals surface area (Å²) in [7, 11) is 0. The Hall–Kier alpha value is -0.790. The van der Waals surface area contributed by atoms with Crippen molar-refractivity contribution in [3.8, 4) is 11.1 Å². The molecule has 0 N–H and O–H groups in total. The van der Waals surface area contributed by atoms with Gasteiger partial charge in [-0.1, -0.05) is 51.8 Å². The molecule has 0 nitrogen and oxygen atoms in total. The average Bonchev–Trinajstić information content (AvgIpc) is 2.20. The summed E-state index contributed by atoms with van der Waals surface area (Å²) in [4.78, 5) is 0. The van der Waals surface area contributed by atoms with E-state index >= 15 is 0 Å². The summed E-state index contributed by atoms with van der Waals surface area (Å²) in [6.45, 7) is 2.08. The lowest BCUT2D eigenvalue weighted by Crippen LogP contribution is -1.81. The van der Waals surface area contributed by atoms with Crippen LogP contribution >= 0.6 is 27.5 Å². The monoisotopic (exact) mass is 280 g/mol. The number of aryl methyl sites for hydroxylation is 1. The van der Waals surface area contributed by atoms with E-state index in [1.807, 2.05) is 24.3 Å². The average molecular weight is 282 g/mol. The maximum Gasteiger partial charge on any atom is 0.0406 e. The quantitative estimate of drug-likeness (QED) is 0.684. The Bertz CT molecular complexity index is 474. The van der Waals surface area contributed by atoms with Crippen LogP contribution in [0.15, 0.2) is 46.9 Å². The smallest absolute Gasteiger partial charge is 0.0406 e. The molecule has 0 aliphatic rings. The summed E-state index contributed by atoms with van der Waals surface area (Å²) in [6.07, 6.45) is 0. The highest BCUT2D eigenvalue weighted by molar-refractivity contribution is 9.10. The Labute approximate surface area is 103 Å². The third kappa shape index (κ3) is 2.42. The second kappa shape index (κ2) is 4.38. The third-order valence-electron chi connectivity index (χ3n) is 2.28. The van der Waals surface area contributed by atoms with Gasteiger partial charge in [0.05, 0.1) is 0 Å². The largest absolute Gasteiger partial charge is 0.0843 e. The molecule has 2 aromatic rings. The van der Waals surface area contributed by atoms with Gasteiger partial charge in [0.2, 0.25) is 0 Å². The Kier molecular flexibility index (Phi) is 3.13. The van der Waals surface area contributed by atoms with Gasteiger partial charge in [-0.25, -0.2) is 0 Å². The molecule has 0 heterocycles. The molecule has 0 bridgehead atoms. The zero-order chi connectivity index (χ0) is 10.8. The molecule has 2 heteroatoms. The van der Waals surface area contributed by atoms with Crippen LogP contribution in [0.25, 0.3) is 11.1 Å².